The molecule has 0 fully saturated rings. The molecule has 0 spiro atoms. The minimum atomic E-state index is -4.55. The second kappa shape index (κ2) is 3.83. The van der Waals surface area contributed by atoms with Crippen LogP contribution in [-0.2, 0) is 6.18 Å². The molecule has 0 unspecified atom stereocenters. The lowest BCUT2D eigenvalue weighted by Crippen LogP contribution is -2.13. The third-order valence-electron chi connectivity index (χ3n) is 2.12. The van der Waals surface area contributed by atoms with Crippen LogP contribution in [0.15, 0.2) is 18.3 Å². The number of aromatic nitrogens is 4. The molecule has 7 heteroatoms. The predicted octanol–water partition coefficient (Wildman–Crippen LogP) is 2.30. The Labute approximate surface area is 95.1 Å². The summed E-state index contributed by atoms with van der Waals surface area (Å²) in [5, 5.41) is 4.06. The molecule has 0 saturated heterocycles. The smallest absolute Gasteiger partial charge is 0.233 e. The quantitative estimate of drug-likeness (QED) is 0.770. The monoisotopic (exact) mass is 242 g/mol. The van der Waals surface area contributed by atoms with E-state index in [9.17, 15) is 13.2 Å². The van der Waals surface area contributed by atoms with Crippen molar-refractivity contribution < 1.29 is 13.2 Å². The Balaban J connectivity index is 2.50. The third kappa shape index (κ3) is 2.27. The van der Waals surface area contributed by atoms with E-state index < -0.39 is 12.0 Å². The van der Waals surface area contributed by atoms with E-state index in [1.54, 1.807) is 19.9 Å². The van der Waals surface area contributed by atoms with Crippen molar-refractivity contribution in [1.82, 2.24) is 19.7 Å². The van der Waals surface area contributed by atoms with Gasteiger partial charge in [0, 0.05) is 18.0 Å². The lowest BCUT2D eigenvalue weighted by atomic mass is 10.4. The molecule has 2 heterocycles. The van der Waals surface area contributed by atoms with Gasteiger partial charge in [-0.1, -0.05) is 0 Å². The summed E-state index contributed by atoms with van der Waals surface area (Å²) >= 11 is 0. The van der Waals surface area contributed by atoms with E-state index in [-0.39, 0.29) is 5.82 Å². The Hall–Kier alpha value is -1.92. The van der Waals surface area contributed by atoms with Crippen LogP contribution < -0.4 is 0 Å². The fraction of sp³-hybridized carbons (Fsp3) is 0.300. The Morgan fingerprint density at radius 2 is 1.94 bits per heavy atom. The molecule has 2 aromatic heterocycles. The van der Waals surface area contributed by atoms with Gasteiger partial charge in [-0.2, -0.15) is 18.3 Å². The van der Waals surface area contributed by atoms with Crippen LogP contribution in [0.3, 0.4) is 0 Å². The van der Waals surface area contributed by atoms with E-state index in [0.29, 0.717) is 5.69 Å². The minimum Gasteiger partial charge on any atom is -0.233 e. The van der Waals surface area contributed by atoms with E-state index in [0.717, 1.165) is 11.9 Å². The largest absolute Gasteiger partial charge is 0.451 e. The molecule has 0 bridgehead atoms. The molecule has 0 saturated carbocycles. The van der Waals surface area contributed by atoms with Crippen LogP contribution >= 0.6 is 0 Å². The highest BCUT2D eigenvalue weighted by molar-refractivity contribution is 5.25. The van der Waals surface area contributed by atoms with E-state index in [4.69, 9.17) is 0 Å². The average molecular weight is 242 g/mol. The first-order chi connectivity index (χ1) is 7.88. The van der Waals surface area contributed by atoms with Gasteiger partial charge in [-0.3, -0.25) is 0 Å². The van der Waals surface area contributed by atoms with Crippen molar-refractivity contribution in [2.45, 2.75) is 20.0 Å². The van der Waals surface area contributed by atoms with Crippen molar-refractivity contribution in [2.24, 2.45) is 0 Å². The first kappa shape index (κ1) is 11.6. The van der Waals surface area contributed by atoms with Crippen LogP contribution in [0.25, 0.3) is 5.82 Å². The summed E-state index contributed by atoms with van der Waals surface area (Å²) < 4.78 is 38.7. The minimum absolute atomic E-state index is 0.109. The Kier molecular flexibility index (Phi) is 2.60. The highest BCUT2D eigenvalue weighted by atomic mass is 19.4. The number of rotatable bonds is 1. The molecule has 0 amide bonds. The zero-order valence-corrected chi connectivity index (χ0v) is 9.15. The van der Waals surface area contributed by atoms with Crippen molar-refractivity contribution in [3.8, 4) is 5.82 Å². The summed E-state index contributed by atoms with van der Waals surface area (Å²) in [5.74, 6) is -1.06. The van der Waals surface area contributed by atoms with Gasteiger partial charge in [-0.05, 0) is 19.9 Å². The van der Waals surface area contributed by atoms with Crippen molar-refractivity contribution in [3.63, 3.8) is 0 Å². The fourth-order valence-electron chi connectivity index (χ4n) is 1.46. The summed E-state index contributed by atoms with van der Waals surface area (Å²) in [6.07, 6.45) is -3.48. The molecule has 0 aliphatic carbocycles. The number of halogens is 3. The average Bonchev–Trinajstić information content (AvgIpc) is 2.57. The van der Waals surface area contributed by atoms with Crippen molar-refractivity contribution in [1.29, 1.82) is 0 Å². The normalized spacial score (nSPS) is 11.8. The molecular weight excluding hydrogens is 233 g/mol. The fourth-order valence-corrected chi connectivity index (χ4v) is 1.46. The van der Waals surface area contributed by atoms with Crippen LogP contribution in [0.5, 0.6) is 0 Å². The SMILES string of the molecule is Cc1cc(C)n(-c2ccnc(C(F)(F)F)n2)n1. The molecule has 0 aromatic carbocycles. The maximum atomic E-state index is 12.4. The van der Waals surface area contributed by atoms with Crippen LogP contribution in [-0.4, -0.2) is 19.7 Å². The second-order valence-electron chi connectivity index (χ2n) is 3.58. The van der Waals surface area contributed by atoms with Crippen LogP contribution in [0.4, 0.5) is 13.2 Å². The number of hydrogen-bond donors (Lipinski definition) is 0. The first-order valence-corrected chi connectivity index (χ1v) is 4.82. The maximum Gasteiger partial charge on any atom is 0.451 e. The summed E-state index contributed by atoms with van der Waals surface area (Å²) in [6.45, 7) is 3.50. The van der Waals surface area contributed by atoms with Crippen molar-refractivity contribution in [2.75, 3.05) is 0 Å². The second-order valence-corrected chi connectivity index (χ2v) is 3.58. The molecule has 0 atom stereocenters. The third-order valence-corrected chi connectivity index (χ3v) is 2.12. The molecular formula is C10H9F3N4. The van der Waals surface area contributed by atoms with Crippen molar-refractivity contribution in [3.05, 3.63) is 35.5 Å². The van der Waals surface area contributed by atoms with Crippen LogP contribution in [0, 0.1) is 13.8 Å². The van der Waals surface area contributed by atoms with E-state index in [1.165, 1.54) is 10.7 Å². The summed E-state index contributed by atoms with van der Waals surface area (Å²) in [5.41, 5.74) is 1.43. The van der Waals surface area contributed by atoms with Gasteiger partial charge in [-0.15, -0.1) is 0 Å². The molecule has 17 heavy (non-hydrogen) atoms. The molecule has 0 N–H and O–H groups in total. The number of aryl methyl sites for hydroxylation is 2. The zero-order chi connectivity index (χ0) is 12.6. The molecule has 0 aliphatic heterocycles. The summed E-state index contributed by atoms with van der Waals surface area (Å²) in [6, 6.07) is 3.14. The topological polar surface area (TPSA) is 43.6 Å². The van der Waals surface area contributed by atoms with E-state index in [2.05, 4.69) is 15.1 Å². The summed E-state index contributed by atoms with van der Waals surface area (Å²) in [4.78, 5) is 6.65. The standard InChI is InChI=1S/C10H9F3N4/c1-6-5-7(2)17(16-6)8-3-4-14-9(15-8)10(11,12)13/h3-5H,1-2H3. The number of nitrogens with zero attached hydrogens (tertiary/aromatic N) is 4. The predicted molar refractivity (Wildman–Crippen MR) is 53.6 cm³/mol. The number of alkyl halides is 3. The Morgan fingerprint density at radius 1 is 1.24 bits per heavy atom. The molecule has 0 radical (unpaired) electrons. The highest BCUT2D eigenvalue weighted by Crippen LogP contribution is 2.26. The molecule has 2 rings (SSSR count). The van der Waals surface area contributed by atoms with Crippen molar-refractivity contribution >= 4 is 0 Å². The van der Waals surface area contributed by atoms with Gasteiger partial charge in [0.15, 0.2) is 5.82 Å². The Bertz CT molecular complexity index is 545. The molecule has 0 aliphatic rings. The first-order valence-electron chi connectivity index (χ1n) is 4.82. The zero-order valence-electron chi connectivity index (χ0n) is 9.15. The van der Waals surface area contributed by atoms with E-state index in [1.807, 2.05) is 0 Å². The highest BCUT2D eigenvalue weighted by Gasteiger charge is 2.34. The molecule has 90 valence electrons. The van der Waals surface area contributed by atoms with Gasteiger partial charge in [0.25, 0.3) is 0 Å². The van der Waals surface area contributed by atoms with Crippen LogP contribution in [0.2, 0.25) is 0 Å². The lowest BCUT2D eigenvalue weighted by molar-refractivity contribution is -0.145. The van der Waals surface area contributed by atoms with Gasteiger partial charge in [-0.25, -0.2) is 14.6 Å². The number of hydrogen-bond acceptors (Lipinski definition) is 3. The van der Waals surface area contributed by atoms with Gasteiger partial charge in [0.2, 0.25) is 5.82 Å². The van der Waals surface area contributed by atoms with Gasteiger partial charge in [0.1, 0.15) is 0 Å². The van der Waals surface area contributed by atoms with Gasteiger partial charge < -0.3 is 0 Å². The van der Waals surface area contributed by atoms with Crippen LogP contribution in [0.1, 0.15) is 17.2 Å². The Morgan fingerprint density at radius 3 is 2.47 bits per heavy atom. The summed E-state index contributed by atoms with van der Waals surface area (Å²) in [7, 11) is 0. The molecule has 4 nitrogen and oxygen atoms in total. The van der Waals surface area contributed by atoms with E-state index >= 15 is 0 Å². The van der Waals surface area contributed by atoms with Gasteiger partial charge in [0.05, 0.1) is 5.69 Å². The maximum absolute atomic E-state index is 12.4. The lowest BCUT2D eigenvalue weighted by Gasteiger charge is -2.07. The molecule has 2 aromatic rings. The van der Waals surface area contributed by atoms with Gasteiger partial charge >= 0.3 is 6.18 Å².